The summed E-state index contributed by atoms with van der Waals surface area (Å²) in [6.45, 7) is 18.9. The molecule has 0 radical (unpaired) electrons. The molecule has 0 saturated heterocycles. The summed E-state index contributed by atoms with van der Waals surface area (Å²) in [6.07, 6.45) is 8.94. The first-order valence-corrected chi connectivity index (χ1v) is 10.5. The summed E-state index contributed by atoms with van der Waals surface area (Å²) in [5.41, 5.74) is 6.50. The van der Waals surface area contributed by atoms with Crippen LogP contribution in [0.1, 0.15) is 97.6 Å². The molecule has 1 nitrogen and oxygen atoms in total. The first kappa shape index (κ1) is 22.2. The van der Waals surface area contributed by atoms with E-state index in [0.717, 1.165) is 0 Å². The van der Waals surface area contributed by atoms with Crippen molar-refractivity contribution >= 4 is 11.9 Å². The minimum atomic E-state index is 0. The van der Waals surface area contributed by atoms with Gasteiger partial charge in [0, 0.05) is 31.4 Å². The summed E-state index contributed by atoms with van der Waals surface area (Å²) in [5, 5.41) is 0. The van der Waals surface area contributed by atoms with Crippen LogP contribution >= 0.6 is 0 Å². The summed E-state index contributed by atoms with van der Waals surface area (Å²) in [5.74, 6) is 1.69. The molecule has 27 heavy (non-hydrogen) atoms. The molecule has 0 amide bonds. The molecular weight excluding hydrogens is 350 g/mol. The first-order chi connectivity index (χ1) is 12.1. The Morgan fingerprint density at radius 1 is 1.04 bits per heavy atom. The lowest BCUT2D eigenvalue weighted by Gasteiger charge is -2.34. The van der Waals surface area contributed by atoms with Gasteiger partial charge >= 0.3 is 0 Å². The Morgan fingerprint density at radius 2 is 1.59 bits per heavy atom. The van der Waals surface area contributed by atoms with Gasteiger partial charge < -0.3 is 12.4 Å². The third kappa shape index (κ3) is 3.90. The van der Waals surface area contributed by atoms with Crippen molar-refractivity contribution in [3.05, 3.63) is 41.0 Å². The molecule has 1 aromatic carbocycles. The van der Waals surface area contributed by atoms with Gasteiger partial charge in [-0.25, -0.2) is 0 Å². The van der Waals surface area contributed by atoms with Gasteiger partial charge in [0.25, 0.3) is 0 Å². The molecular formula is C25H38ClN. The Morgan fingerprint density at radius 3 is 2.07 bits per heavy atom. The fourth-order valence-corrected chi connectivity index (χ4v) is 5.29. The van der Waals surface area contributed by atoms with Crippen molar-refractivity contribution in [1.82, 2.24) is 0 Å². The number of hydrogen-bond donors (Lipinski definition) is 0. The molecule has 0 saturated carbocycles. The Kier molecular flexibility index (Phi) is 6.37. The zero-order valence-electron chi connectivity index (χ0n) is 18.6. The average molecular weight is 388 g/mol. The average Bonchev–Trinajstić information content (AvgIpc) is 2.82. The largest absolute Gasteiger partial charge is 1.00 e. The van der Waals surface area contributed by atoms with E-state index in [1.165, 1.54) is 36.1 Å². The van der Waals surface area contributed by atoms with Gasteiger partial charge in [0.2, 0.25) is 5.69 Å². The molecule has 3 rings (SSSR count). The molecule has 2 aliphatic rings. The molecule has 0 fully saturated rings. The van der Waals surface area contributed by atoms with E-state index in [0.29, 0.717) is 23.2 Å². The maximum Gasteiger partial charge on any atom is 0.212 e. The normalized spacial score (nSPS) is 27.0. The highest BCUT2D eigenvalue weighted by Crippen LogP contribution is 2.51. The number of halogens is 1. The molecule has 0 bridgehead atoms. The summed E-state index contributed by atoms with van der Waals surface area (Å²) in [7, 11) is 0. The topological polar surface area (TPSA) is 3.01 Å². The fraction of sp³-hybridized carbons (Fsp3) is 0.640. The van der Waals surface area contributed by atoms with Crippen LogP contribution in [0.15, 0.2) is 29.8 Å². The van der Waals surface area contributed by atoms with Crippen LogP contribution in [0, 0.1) is 11.3 Å². The molecule has 1 aliphatic heterocycles. The lowest BCUT2D eigenvalue weighted by molar-refractivity contribution is -0.513. The van der Waals surface area contributed by atoms with Crippen molar-refractivity contribution in [2.45, 2.75) is 92.0 Å². The third-order valence-corrected chi connectivity index (χ3v) is 6.81. The van der Waals surface area contributed by atoms with Crippen LogP contribution in [0.25, 0.3) is 0 Å². The van der Waals surface area contributed by atoms with Gasteiger partial charge in [0.15, 0.2) is 11.8 Å². The molecule has 2 atom stereocenters. The maximum atomic E-state index is 2.67. The second-order valence-electron chi connectivity index (χ2n) is 10.1. The zero-order valence-corrected chi connectivity index (χ0v) is 19.3. The highest BCUT2D eigenvalue weighted by Gasteiger charge is 2.54. The Balaban J connectivity index is 0.00000261. The standard InChI is InChI=1S/C25H38N.ClH/c1-17(2)21-10-9-11-22(18(3)4)23(21)26-16-25(15-24(26,7)8)13-12-19(5)14-20(25)6;/h9-11,14,16-18,20H,12-13,15H2,1-8H3;1H/q+1;/p-1. The van der Waals surface area contributed by atoms with Crippen molar-refractivity contribution in [3.63, 3.8) is 0 Å². The van der Waals surface area contributed by atoms with E-state index in [2.05, 4.69) is 90.5 Å². The Hall–Kier alpha value is -1.08. The van der Waals surface area contributed by atoms with Crippen LogP contribution in [0.2, 0.25) is 0 Å². The Labute approximate surface area is 173 Å². The van der Waals surface area contributed by atoms with Gasteiger partial charge in [-0.05, 0) is 37.5 Å². The minimum absolute atomic E-state index is 0. The predicted octanol–water partition coefficient (Wildman–Crippen LogP) is 4.20. The van der Waals surface area contributed by atoms with E-state index in [4.69, 9.17) is 0 Å². The maximum absolute atomic E-state index is 2.67. The highest BCUT2D eigenvalue weighted by molar-refractivity contribution is 5.68. The second-order valence-corrected chi connectivity index (χ2v) is 10.1. The number of rotatable bonds is 3. The molecule has 1 aliphatic carbocycles. The molecule has 0 aromatic heterocycles. The molecule has 150 valence electrons. The van der Waals surface area contributed by atoms with Crippen LogP contribution in [-0.2, 0) is 0 Å². The van der Waals surface area contributed by atoms with E-state index in [-0.39, 0.29) is 17.9 Å². The molecule has 2 heteroatoms. The zero-order chi connectivity index (χ0) is 19.3. The molecule has 1 spiro atoms. The van der Waals surface area contributed by atoms with Crippen molar-refractivity contribution in [1.29, 1.82) is 0 Å². The lowest BCUT2D eigenvalue weighted by Crippen LogP contribution is -3.00. The van der Waals surface area contributed by atoms with Gasteiger partial charge in [-0.15, -0.1) is 0 Å². The van der Waals surface area contributed by atoms with Gasteiger partial charge in [-0.3, -0.25) is 0 Å². The lowest BCUT2D eigenvalue weighted by atomic mass is 9.66. The predicted molar refractivity (Wildman–Crippen MR) is 114 cm³/mol. The third-order valence-electron chi connectivity index (χ3n) is 6.81. The van der Waals surface area contributed by atoms with E-state index in [1.54, 1.807) is 5.57 Å². The summed E-state index contributed by atoms with van der Waals surface area (Å²) in [4.78, 5) is 0. The van der Waals surface area contributed by atoms with Crippen LogP contribution < -0.4 is 12.4 Å². The van der Waals surface area contributed by atoms with Crippen LogP contribution in [-0.4, -0.2) is 16.3 Å². The summed E-state index contributed by atoms with van der Waals surface area (Å²) >= 11 is 0. The number of hydrogen-bond acceptors (Lipinski definition) is 0. The monoisotopic (exact) mass is 387 g/mol. The molecule has 0 N–H and O–H groups in total. The summed E-state index contributed by atoms with van der Waals surface area (Å²) < 4.78 is 2.67. The first-order valence-electron chi connectivity index (χ1n) is 10.5. The molecule has 1 heterocycles. The smallest absolute Gasteiger partial charge is 0.212 e. The van der Waals surface area contributed by atoms with E-state index in [1.807, 2.05) is 0 Å². The second kappa shape index (κ2) is 7.74. The molecule has 2 unspecified atom stereocenters. The van der Waals surface area contributed by atoms with Crippen LogP contribution in [0.5, 0.6) is 0 Å². The van der Waals surface area contributed by atoms with E-state index < -0.39 is 0 Å². The van der Waals surface area contributed by atoms with E-state index in [9.17, 15) is 0 Å². The Bertz CT molecular complexity index is 727. The van der Waals surface area contributed by atoms with Gasteiger partial charge in [-0.1, -0.05) is 64.5 Å². The fourth-order valence-electron chi connectivity index (χ4n) is 5.29. The number of nitrogens with zero attached hydrogens (tertiary/aromatic N) is 1. The van der Waals surface area contributed by atoms with Crippen LogP contribution in [0.4, 0.5) is 5.69 Å². The number of benzene rings is 1. The van der Waals surface area contributed by atoms with Crippen molar-refractivity contribution in [2.24, 2.45) is 11.3 Å². The van der Waals surface area contributed by atoms with Gasteiger partial charge in [0.05, 0.1) is 5.41 Å². The SMILES string of the molecule is CC1=CC(C)C2(C=[N+](c3c(C(C)C)cccc3C(C)C)C(C)(C)C2)CC1.[Cl-]. The van der Waals surface area contributed by atoms with Gasteiger partial charge in [-0.2, -0.15) is 4.58 Å². The minimum Gasteiger partial charge on any atom is -1.00 e. The van der Waals surface area contributed by atoms with Crippen molar-refractivity contribution in [3.8, 4) is 0 Å². The quantitative estimate of drug-likeness (QED) is 0.540. The van der Waals surface area contributed by atoms with Gasteiger partial charge in [0.1, 0.15) is 0 Å². The van der Waals surface area contributed by atoms with Crippen molar-refractivity contribution in [2.75, 3.05) is 0 Å². The number of allylic oxidation sites excluding steroid dienone is 2. The van der Waals surface area contributed by atoms with Crippen LogP contribution in [0.3, 0.4) is 0 Å². The number of para-hydroxylation sites is 1. The summed E-state index contributed by atoms with van der Waals surface area (Å²) in [6, 6.07) is 6.94. The highest BCUT2D eigenvalue weighted by atomic mass is 35.5. The molecule has 1 aromatic rings. The van der Waals surface area contributed by atoms with Crippen molar-refractivity contribution < 1.29 is 17.0 Å². The van der Waals surface area contributed by atoms with E-state index >= 15 is 0 Å².